The lowest BCUT2D eigenvalue weighted by atomic mass is 10.0. The Bertz CT molecular complexity index is 1580. The van der Waals surface area contributed by atoms with E-state index in [1.165, 1.54) is 103 Å². The molecule has 73 heavy (non-hydrogen) atoms. The van der Waals surface area contributed by atoms with E-state index >= 15 is 0 Å². The first-order chi connectivity index (χ1) is 36.0. The second-order valence-corrected chi connectivity index (χ2v) is 19.1. The fourth-order valence-corrected chi connectivity index (χ4v) is 7.80. The van der Waals surface area contributed by atoms with Gasteiger partial charge in [0.15, 0.2) is 6.10 Å². The molecule has 0 N–H and O–H groups in total. The SMILES string of the molecule is CC/C=C\C/C=C\C/C=C\C/C=C\C/C=C\C/C=C\CCC(=O)OCC(COC(=O)CCC/C=C\C/C=C\C/C=C\C/C=C\C/C=C\CC)OC(=O)CCCCCCCCCCCCCCCCCCCCC. The normalized spacial score (nSPS) is 13.1. The average Bonchev–Trinajstić information content (AvgIpc) is 3.39. The van der Waals surface area contributed by atoms with Crippen LogP contribution in [0.25, 0.3) is 0 Å². The Morgan fingerprint density at radius 1 is 0.288 bits per heavy atom. The maximum Gasteiger partial charge on any atom is 0.306 e. The molecule has 6 nitrogen and oxygen atoms in total. The first kappa shape index (κ1) is 68.6. The first-order valence-electron chi connectivity index (χ1n) is 29.7. The molecule has 412 valence electrons. The highest BCUT2D eigenvalue weighted by Crippen LogP contribution is 2.16. The fraction of sp³-hybridized carbons (Fsp3) is 0.627. The largest absolute Gasteiger partial charge is 0.462 e. The molecule has 0 bridgehead atoms. The zero-order valence-electron chi connectivity index (χ0n) is 47.1. The van der Waals surface area contributed by atoms with Crippen molar-refractivity contribution in [3.8, 4) is 0 Å². The first-order valence-corrected chi connectivity index (χ1v) is 29.7. The van der Waals surface area contributed by atoms with Gasteiger partial charge in [-0.15, -0.1) is 0 Å². The van der Waals surface area contributed by atoms with Crippen molar-refractivity contribution in [1.29, 1.82) is 0 Å². The summed E-state index contributed by atoms with van der Waals surface area (Å²) in [5.74, 6) is -1.07. The van der Waals surface area contributed by atoms with Gasteiger partial charge in [0.1, 0.15) is 13.2 Å². The van der Waals surface area contributed by atoms with Crippen molar-refractivity contribution in [3.05, 3.63) is 134 Å². The summed E-state index contributed by atoms with van der Waals surface area (Å²) in [6.45, 7) is 6.31. The Balaban J connectivity index is 4.57. The van der Waals surface area contributed by atoms with Crippen LogP contribution < -0.4 is 0 Å². The van der Waals surface area contributed by atoms with Crippen LogP contribution in [0.3, 0.4) is 0 Å². The van der Waals surface area contributed by atoms with Crippen LogP contribution in [0.5, 0.6) is 0 Å². The van der Waals surface area contributed by atoms with E-state index < -0.39 is 6.10 Å². The van der Waals surface area contributed by atoms with Crippen LogP contribution >= 0.6 is 0 Å². The second-order valence-electron chi connectivity index (χ2n) is 19.1. The van der Waals surface area contributed by atoms with Crippen LogP contribution in [0.1, 0.15) is 252 Å². The molecule has 0 aliphatic heterocycles. The minimum absolute atomic E-state index is 0.133. The molecule has 0 spiro atoms. The standard InChI is InChI=1S/C67H108O6/c1-4-7-10-13-16-19-22-25-28-31-33-36-39-42-45-48-51-54-57-60-66(69)72-63-64(62-71-65(68)59-56-53-50-47-44-41-38-35-30-27-24-21-18-15-12-9-6-3)73-67(70)61-58-55-52-49-46-43-40-37-34-32-29-26-23-20-17-14-11-8-5-2/h7,9-10,12,16,18-19,21,25,27-28,30,33,36,38,41-42,45,47,50-51,54,64H,4-6,8,11,13-15,17,20,22-24,26,29,31-32,34-35,37,39-40,43-44,46,48-49,52-53,55-63H2,1-3H3/b10-7-,12-9-,19-16-,21-18-,28-25-,30-27-,36-33-,41-38-,45-42-,50-47-,54-51-. The summed E-state index contributed by atoms with van der Waals surface area (Å²) in [4.78, 5) is 38.2. The number of esters is 3. The number of hydrogen-bond donors (Lipinski definition) is 0. The van der Waals surface area contributed by atoms with E-state index in [4.69, 9.17) is 14.2 Å². The van der Waals surface area contributed by atoms with Gasteiger partial charge in [-0.2, -0.15) is 0 Å². The van der Waals surface area contributed by atoms with E-state index in [0.29, 0.717) is 19.3 Å². The third-order valence-corrected chi connectivity index (χ3v) is 12.2. The van der Waals surface area contributed by atoms with Crippen molar-refractivity contribution in [2.24, 2.45) is 0 Å². The van der Waals surface area contributed by atoms with E-state index in [2.05, 4.69) is 142 Å². The molecule has 0 radical (unpaired) electrons. The molecule has 0 aliphatic rings. The lowest BCUT2D eigenvalue weighted by Gasteiger charge is -2.18. The highest BCUT2D eigenvalue weighted by molar-refractivity contribution is 5.71. The Labute approximate surface area is 449 Å². The molecule has 0 aliphatic carbocycles. The molecule has 0 saturated carbocycles. The molecule has 0 amide bonds. The minimum Gasteiger partial charge on any atom is -0.462 e. The molecule has 0 saturated heterocycles. The predicted octanol–water partition coefficient (Wildman–Crippen LogP) is 20.2. The molecule has 1 atom stereocenters. The van der Waals surface area contributed by atoms with Crippen LogP contribution in [0.15, 0.2) is 134 Å². The van der Waals surface area contributed by atoms with Crippen LogP contribution in [0.4, 0.5) is 0 Å². The average molecular weight is 1010 g/mol. The summed E-state index contributed by atoms with van der Waals surface area (Å²) >= 11 is 0. The van der Waals surface area contributed by atoms with E-state index in [1.54, 1.807) is 0 Å². The van der Waals surface area contributed by atoms with Crippen molar-refractivity contribution in [3.63, 3.8) is 0 Å². The van der Waals surface area contributed by atoms with Gasteiger partial charge in [-0.3, -0.25) is 14.4 Å². The number of carbonyl (C=O) groups excluding carboxylic acids is 3. The Morgan fingerprint density at radius 2 is 0.562 bits per heavy atom. The maximum absolute atomic E-state index is 12.9. The zero-order chi connectivity index (χ0) is 52.9. The molecule has 6 heteroatoms. The smallest absolute Gasteiger partial charge is 0.306 e. The minimum atomic E-state index is -0.836. The lowest BCUT2D eigenvalue weighted by Crippen LogP contribution is -2.30. The third kappa shape index (κ3) is 58.3. The number of carbonyl (C=O) groups is 3. The third-order valence-electron chi connectivity index (χ3n) is 12.2. The summed E-state index contributed by atoms with van der Waals surface area (Å²) in [6, 6.07) is 0. The summed E-state index contributed by atoms with van der Waals surface area (Å²) in [6.07, 6.45) is 84.7. The van der Waals surface area contributed by atoms with Gasteiger partial charge < -0.3 is 14.2 Å². The van der Waals surface area contributed by atoms with Gasteiger partial charge in [0.2, 0.25) is 0 Å². The van der Waals surface area contributed by atoms with E-state index in [-0.39, 0.29) is 44.0 Å². The second kappa shape index (κ2) is 60.1. The number of allylic oxidation sites excluding steroid dienone is 22. The van der Waals surface area contributed by atoms with Crippen LogP contribution in [0.2, 0.25) is 0 Å². The van der Waals surface area contributed by atoms with Crippen molar-refractivity contribution in [2.45, 2.75) is 258 Å². The zero-order valence-corrected chi connectivity index (χ0v) is 47.1. The highest BCUT2D eigenvalue weighted by Gasteiger charge is 2.19. The molecular weight excluding hydrogens is 901 g/mol. The van der Waals surface area contributed by atoms with E-state index in [9.17, 15) is 14.4 Å². The summed E-state index contributed by atoms with van der Waals surface area (Å²) in [7, 11) is 0. The Kier molecular flexibility index (Phi) is 56.4. The molecule has 0 heterocycles. The predicted molar refractivity (Wildman–Crippen MR) is 316 cm³/mol. The summed E-state index contributed by atoms with van der Waals surface area (Å²) < 4.78 is 16.8. The van der Waals surface area contributed by atoms with Gasteiger partial charge in [0, 0.05) is 19.3 Å². The van der Waals surface area contributed by atoms with E-state index in [0.717, 1.165) is 96.3 Å². The van der Waals surface area contributed by atoms with Crippen LogP contribution in [-0.2, 0) is 28.6 Å². The summed E-state index contributed by atoms with van der Waals surface area (Å²) in [5, 5.41) is 0. The molecule has 0 fully saturated rings. The van der Waals surface area contributed by atoms with Crippen LogP contribution in [-0.4, -0.2) is 37.2 Å². The quantitative estimate of drug-likeness (QED) is 0.0261. The molecule has 0 aromatic heterocycles. The van der Waals surface area contributed by atoms with Crippen molar-refractivity contribution < 1.29 is 28.6 Å². The van der Waals surface area contributed by atoms with Gasteiger partial charge in [0.25, 0.3) is 0 Å². The van der Waals surface area contributed by atoms with Gasteiger partial charge in [-0.1, -0.05) is 270 Å². The molecule has 0 rings (SSSR count). The Morgan fingerprint density at radius 3 is 0.904 bits per heavy atom. The monoisotopic (exact) mass is 1010 g/mol. The fourth-order valence-electron chi connectivity index (χ4n) is 7.80. The highest BCUT2D eigenvalue weighted by atomic mass is 16.6. The number of hydrogen-bond acceptors (Lipinski definition) is 6. The maximum atomic E-state index is 12.9. The van der Waals surface area contributed by atoms with Gasteiger partial charge in [0.05, 0.1) is 0 Å². The number of unbranched alkanes of at least 4 members (excludes halogenated alkanes) is 19. The topological polar surface area (TPSA) is 78.9 Å². The van der Waals surface area contributed by atoms with Crippen LogP contribution in [0, 0.1) is 0 Å². The van der Waals surface area contributed by atoms with Crippen molar-refractivity contribution in [1.82, 2.24) is 0 Å². The van der Waals surface area contributed by atoms with Gasteiger partial charge in [-0.05, 0) is 96.3 Å². The van der Waals surface area contributed by atoms with Crippen molar-refractivity contribution in [2.75, 3.05) is 13.2 Å². The summed E-state index contributed by atoms with van der Waals surface area (Å²) in [5.41, 5.74) is 0. The molecule has 0 aromatic carbocycles. The van der Waals surface area contributed by atoms with Gasteiger partial charge in [-0.25, -0.2) is 0 Å². The molecule has 0 aromatic rings. The van der Waals surface area contributed by atoms with Gasteiger partial charge >= 0.3 is 17.9 Å². The molecule has 1 unspecified atom stereocenters. The number of ether oxygens (including phenoxy) is 3. The Hall–Kier alpha value is -4.45. The lowest BCUT2D eigenvalue weighted by molar-refractivity contribution is -0.166. The molecular formula is C67H108O6. The van der Waals surface area contributed by atoms with Crippen molar-refractivity contribution >= 4 is 17.9 Å². The van der Waals surface area contributed by atoms with E-state index in [1.807, 2.05) is 12.2 Å². The number of rotatable bonds is 52.